The van der Waals surface area contributed by atoms with Crippen LogP contribution in [0, 0.1) is 6.92 Å². The molecule has 1 aliphatic heterocycles. The summed E-state index contributed by atoms with van der Waals surface area (Å²) < 4.78 is 5.28. The Morgan fingerprint density at radius 3 is 2.89 bits per heavy atom. The first kappa shape index (κ1) is 13.7. The fourth-order valence-corrected chi connectivity index (χ4v) is 2.17. The summed E-state index contributed by atoms with van der Waals surface area (Å²) in [7, 11) is 0. The van der Waals surface area contributed by atoms with Gasteiger partial charge in [-0.2, -0.15) is 0 Å². The predicted octanol–water partition coefficient (Wildman–Crippen LogP) is -0.285. The van der Waals surface area contributed by atoms with Gasteiger partial charge in [-0.15, -0.1) is 0 Å². The monoisotopic (exact) mass is 280 g/mol. The van der Waals surface area contributed by atoms with Gasteiger partial charge >= 0.3 is 0 Å². The van der Waals surface area contributed by atoms with Crippen molar-refractivity contribution < 1.29 is 9.53 Å². The smallest absolute Gasteiger partial charge is 0.242 e. The van der Waals surface area contributed by atoms with Gasteiger partial charge in [0.05, 0.1) is 13.2 Å². The van der Waals surface area contributed by atoms with Crippen LogP contribution in [-0.4, -0.2) is 41.7 Å². The van der Waals surface area contributed by atoms with E-state index < -0.39 is 11.9 Å². The van der Waals surface area contributed by atoms with Crippen molar-refractivity contribution in [3.05, 3.63) is 23.4 Å². The molecule has 1 aromatic heterocycles. The van der Waals surface area contributed by atoms with Crippen LogP contribution in [0.3, 0.4) is 0 Å². The molecule has 0 spiro atoms. The van der Waals surface area contributed by atoms with Gasteiger partial charge < -0.3 is 21.1 Å². The Balaban J connectivity index is 2.38. The van der Waals surface area contributed by atoms with E-state index in [-0.39, 0.29) is 6.61 Å². The second kappa shape index (κ2) is 5.50. The molecule has 1 saturated heterocycles. The fourth-order valence-electron chi connectivity index (χ4n) is 2.05. The SMILES string of the molecule is Cc1cc(C(N)=S)cc(N2CCOCC2C(N)=O)n1. The van der Waals surface area contributed by atoms with Gasteiger partial charge in [0, 0.05) is 17.8 Å². The number of carbonyl (C=O) groups is 1. The lowest BCUT2D eigenvalue weighted by Gasteiger charge is -2.34. The summed E-state index contributed by atoms with van der Waals surface area (Å²) in [6, 6.07) is 3.07. The van der Waals surface area contributed by atoms with Crippen molar-refractivity contribution in [2.75, 3.05) is 24.7 Å². The number of pyridine rings is 1. The van der Waals surface area contributed by atoms with E-state index in [0.29, 0.717) is 24.0 Å². The van der Waals surface area contributed by atoms with E-state index in [1.165, 1.54) is 0 Å². The number of hydrogen-bond donors (Lipinski definition) is 2. The van der Waals surface area contributed by atoms with E-state index in [1.54, 1.807) is 6.07 Å². The van der Waals surface area contributed by atoms with E-state index in [9.17, 15) is 4.79 Å². The lowest BCUT2D eigenvalue weighted by atomic mass is 10.1. The normalized spacial score (nSPS) is 19.2. The average molecular weight is 280 g/mol. The third-order valence-electron chi connectivity index (χ3n) is 2.98. The molecule has 2 heterocycles. The molecule has 7 heteroatoms. The van der Waals surface area contributed by atoms with Gasteiger partial charge in [0.1, 0.15) is 16.8 Å². The van der Waals surface area contributed by atoms with Crippen molar-refractivity contribution in [1.29, 1.82) is 0 Å². The van der Waals surface area contributed by atoms with Crippen molar-refractivity contribution in [2.24, 2.45) is 11.5 Å². The zero-order valence-electron chi connectivity index (χ0n) is 10.6. The molecule has 0 aliphatic carbocycles. The number of aromatic nitrogens is 1. The summed E-state index contributed by atoms with van der Waals surface area (Å²) in [6.45, 7) is 3.21. The first-order valence-electron chi connectivity index (χ1n) is 5.91. The molecule has 1 fully saturated rings. The van der Waals surface area contributed by atoms with Crippen LogP contribution >= 0.6 is 12.2 Å². The van der Waals surface area contributed by atoms with Crippen LogP contribution in [0.4, 0.5) is 5.82 Å². The molecule has 0 saturated carbocycles. The van der Waals surface area contributed by atoms with E-state index in [2.05, 4.69) is 4.98 Å². The summed E-state index contributed by atoms with van der Waals surface area (Å²) in [5.74, 6) is 0.217. The third kappa shape index (κ3) is 2.99. The minimum absolute atomic E-state index is 0.271. The van der Waals surface area contributed by atoms with Crippen molar-refractivity contribution in [3.8, 4) is 0 Å². The minimum Gasteiger partial charge on any atom is -0.389 e. The second-order valence-electron chi connectivity index (χ2n) is 4.41. The number of morpholine rings is 1. The average Bonchev–Trinajstić information content (AvgIpc) is 2.37. The summed E-state index contributed by atoms with van der Waals surface area (Å²) >= 11 is 4.98. The van der Waals surface area contributed by atoms with Gasteiger partial charge in [0.2, 0.25) is 5.91 Å². The summed E-state index contributed by atoms with van der Waals surface area (Å²) in [5.41, 5.74) is 12.6. The fraction of sp³-hybridized carbons (Fsp3) is 0.417. The molecule has 19 heavy (non-hydrogen) atoms. The zero-order valence-corrected chi connectivity index (χ0v) is 11.4. The molecule has 6 nitrogen and oxygen atoms in total. The number of aryl methyl sites for hydroxylation is 1. The standard InChI is InChI=1S/C12H16N4O2S/c1-7-4-8(12(14)19)5-10(15-7)16-2-3-18-6-9(16)11(13)17/h4-5,9H,2-3,6H2,1H3,(H2,13,17)(H2,14,19). The van der Waals surface area contributed by atoms with Gasteiger partial charge in [-0.25, -0.2) is 4.98 Å². The highest BCUT2D eigenvalue weighted by molar-refractivity contribution is 7.80. The Kier molecular flexibility index (Phi) is 3.96. The maximum absolute atomic E-state index is 11.5. The van der Waals surface area contributed by atoms with Crippen LogP contribution in [0.5, 0.6) is 0 Å². The van der Waals surface area contributed by atoms with Crippen molar-refractivity contribution >= 4 is 28.9 Å². The van der Waals surface area contributed by atoms with E-state index >= 15 is 0 Å². The van der Waals surface area contributed by atoms with E-state index in [1.807, 2.05) is 17.9 Å². The zero-order chi connectivity index (χ0) is 14.0. The number of nitrogens with zero attached hydrogens (tertiary/aromatic N) is 2. The third-order valence-corrected chi connectivity index (χ3v) is 3.21. The molecule has 1 amide bonds. The van der Waals surface area contributed by atoms with Crippen LogP contribution in [-0.2, 0) is 9.53 Å². The van der Waals surface area contributed by atoms with Crippen LogP contribution in [0.2, 0.25) is 0 Å². The maximum atomic E-state index is 11.5. The molecule has 1 atom stereocenters. The molecule has 0 aromatic carbocycles. The molecule has 0 radical (unpaired) electrons. The number of nitrogens with two attached hydrogens (primary N) is 2. The molecule has 0 bridgehead atoms. The maximum Gasteiger partial charge on any atom is 0.242 e. The summed E-state index contributed by atoms with van der Waals surface area (Å²) in [4.78, 5) is 18.0. The lowest BCUT2D eigenvalue weighted by molar-refractivity contribution is -0.121. The number of rotatable bonds is 3. The highest BCUT2D eigenvalue weighted by Gasteiger charge is 2.29. The molecular weight excluding hydrogens is 264 g/mol. The van der Waals surface area contributed by atoms with E-state index in [4.69, 9.17) is 28.4 Å². The summed E-state index contributed by atoms with van der Waals surface area (Å²) in [6.07, 6.45) is 0. The van der Waals surface area contributed by atoms with Crippen LogP contribution in [0.15, 0.2) is 12.1 Å². The number of anilines is 1. The largest absolute Gasteiger partial charge is 0.389 e. The first-order valence-corrected chi connectivity index (χ1v) is 6.32. The van der Waals surface area contributed by atoms with Crippen molar-refractivity contribution in [1.82, 2.24) is 4.98 Å². The topological polar surface area (TPSA) is 94.5 Å². The number of thiocarbonyl (C=S) groups is 1. The lowest BCUT2D eigenvalue weighted by Crippen LogP contribution is -2.53. The molecular formula is C12H16N4O2S. The predicted molar refractivity (Wildman–Crippen MR) is 76.0 cm³/mol. The Labute approximate surface area is 116 Å². The molecule has 102 valence electrons. The van der Waals surface area contributed by atoms with Gasteiger partial charge in [-0.05, 0) is 19.1 Å². The highest BCUT2D eigenvalue weighted by atomic mass is 32.1. The Hall–Kier alpha value is -1.73. The second-order valence-corrected chi connectivity index (χ2v) is 4.85. The number of carbonyl (C=O) groups excluding carboxylic acids is 1. The molecule has 4 N–H and O–H groups in total. The quantitative estimate of drug-likeness (QED) is 0.739. The number of amides is 1. The Morgan fingerprint density at radius 2 is 2.26 bits per heavy atom. The molecule has 2 rings (SSSR count). The number of primary amides is 1. The van der Waals surface area contributed by atoms with Gasteiger partial charge in [-0.1, -0.05) is 12.2 Å². The minimum atomic E-state index is -0.512. The van der Waals surface area contributed by atoms with Gasteiger partial charge in [-0.3, -0.25) is 4.79 Å². The first-order chi connectivity index (χ1) is 8.99. The van der Waals surface area contributed by atoms with Crippen molar-refractivity contribution in [3.63, 3.8) is 0 Å². The van der Waals surface area contributed by atoms with Gasteiger partial charge in [0.15, 0.2) is 0 Å². The Bertz CT molecular complexity index is 520. The van der Waals surface area contributed by atoms with Crippen LogP contribution in [0.25, 0.3) is 0 Å². The molecule has 1 aromatic rings. The highest BCUT2D eigenvalue weighted by Crippen LogP contribution is 2.20. The van der Waals surface area contributed by atoms with Crippen LogP contribution in [0.1, 0.15) is 11.3 Å². The summed E-state index contributed by atoms with van der Waals surface area (Å²) in [5, 5.41) is 0. The van der Waals surface area contributed by atoms with Crippen LogP contribution < -0.4 is 16.4 Å². The van der Waals surface area contributed by atoms with E-state index in [0.717, 1.165) is 11.3 Å². The number of hydrogen-bond acceptors (Lipinski definition) is 5. The van der Waals surface area contributed by atoms with Gasteiger partial charge in [0.25, 0.3) is 0 Å². The molecule has 1 unspecified atom stereocenters. The molecule has 1 aliphatic rings. The Morgan fingerprint density at radius 1 is 1.53 bits per heavy atom. The van der Waals surface area contributed by atoms with Crippen molar-refractivity contribution in [2.45, 2.75) is 13.0 Å². The number of ether oxygens (including phenoxy) is 1.